The molecule has 4 heteroatoms. The lowest BCUT2D eigenvalue weighted by Crippen LogP contribution is -2.14. The Morgan fingerprint density at radius 2 is 2.31 bits per heavy atom. The molecule has 1 aromatic rings. The number of nitrogens with zero attached hydrogens (tertiary/aromatic N) is 1. The largest absolute Gasteiger partial charge is 0.326 e. The first-order valence-electron chi connectivity index (χ1n) is 4.98. The van der Waals surface area contributed by atoms with Crippen molar-refractivity contribution in [1.82, 2.24) is 0 Å². The molecular weight excluding hydrogens is 268 g/mol. The highest BCUT2D eigenvalue weighted by Gasteiger charge is 2.08. The predicted octanol–water partition coefficient (Wildman–Crippen LogP) is 3.25. The van der Waals surface area contributed by atoms with Crippen molar-refractivity contribution in [1.29, 1.82) is 5.26 Å². The van der Waals surface area contributed by atoms with E-state index in [0.717, 1.165) is 15.7 Å². The fourth-order valence-corrected chi connectivity index (χ4v) is 1.59. The third-order valence-electron chi connectivity index (χ3n) is 2.17. The summed E-state index contributed by atoms with van der Waals surface area (Å²) in [5.41, 5.74) is 1.86. The van der Waals surface area contributed by atoms with Crippen LogP contribution in [0.25, 0.3) is 0 Å². The molecule has 0 saturated heterocycles. The Hall–Kier alpha value is -1.34. The molecule has 0 radical (unpaired) electrons. The molecule has 1 aromatic carbocycles. The summed E-state index contributed by atoms with van der Waals surface area (Å²) < 4.78 is 0.957. The van der Waals surface area contributed by atoms with Crippen LogP contribution in [0.5, 0.6) is 0 Å². The first-order chi connectivity index (χ1) is 7.52. The standard InChI is InChI=1S/C12H13BrN2O/c1-8(7-14)5-12(16)15-10-4-3-9(2)11(13)6-10/h3-4,6,8H,5H2,1-2H3,(H,15,16). The van der Waals surface area contributed by atoms with E-state index in [-0.39, 0.29) is 18.2 Å². The van der Waals surface area contributed by atoms with Crippen LogP contribution in [-0.2, 0) is 4.79 Å². The van der Waals surface area contributed by atoms with Gasteiger partial charge in [-0.1, -0.05) is 22.0 Å². The summed E-state index contributed by atoms with van der Waals surface area (Å²) in [6, 6.07) is 7.65. The van der Waals surface area contributed by atoms with E-state index in [2.05, 4.69) is 21.2 Å². The lowest BCUT2D eigenvalue weighted by atomic mass is 10.1. The van der Waals surface area contributed by atoms with E-state index in [0.29, 0.717) is 0 Å². The maximum absolute atomic E-state index is 11.5. The second-order valence-corrected chi connectivity index (χ2v) is 4.60. The maximum Gasteiger partial charge on any atom is 0.225 e. The van der Waals surface area contributed by atoms with Gasteiger partial charge in [0.15, 0.2) is 0 Å². The number of nitrogens with one attached hydrogen (secondary N) is 1. The summed E-state index contributed by atoms with van der Waals surface area (Å²) in [7, 11) is 0. The fraction of sp³-hybridized carbons (Fsp3) is 0.333. The minimum absolute atomic E-state index is 0.134. The molecule has 0 aromatic heterocycles. The minimum Gasteiger partial charge on any atom is -0.326 e. The van der Waals surface area contributed by atoms with Crippen LogP contribution in [0.2, 0.25) is 0 Å². The third-order valence-corrected chi connectivity index (χ3v) is 3.02. The molecule has 0 aliphatic heterocycles. The first kappa shape index (κ1) is 12.7. The monoisotopic (exact) mass is 280 g/mol. The summed E-state index contributed by atoms with van der Waals surface area (Å²) in [6.07, 6.45) is 0.224. The van der Waals surface area contributed by atoms with Gasteiger partial charge in [-0.25, -0.2) is 0 Å². The summed E-state index contributed by atoms with van der Waals surface area (Å²) >= 11 is 3.40. The molecule has 1 N–H and O–H groups in total. The number of hydrogen-bond acceptors (Lipinski definition) is 2. The molecular formula is C12H13BrN2O. The fourth-order valence-electron chi connectivity index (χ4n) is 1.21. The Morgan fingerprint density at radius 3 is 2.88 bits per heavy atom. The molecule has 1 rings (SSSR count). The Balaban J connectivity index is 2.64. The number of anilines is 1. The summed E-state index contributed by atoms with van der Waals surface area (Å²) in [6.45, 7) is 3.71. The van der Waals surface area contributed by atoms with Crippen LogP contribution in [0, 0.1) is 24.2 Å². The second-order valence-electron chi connectivity index (χ2n) is 3.75. The van der Waals surface area contributed by atoms with E-state index in [1.54, 1.807) is 6.92 Å². The van der Waals surface area contributed by atoms with E-state index in [1.165, 1.54) is 0 Å². The van der Waals surface area contributed by atoms with E-state index in [4.69, 9.17) is 5.26 Å². The van der Waals surface area contributed by atoms with Crippen molar-refractivity contribution >= 4 is 27.5 Å². The highest BCUT2D eigenvalue weighted by Crippen LogP contribution is 2.20. The Bertz CT molecular complexity index is 437. The van der Waals surface area contributed by atoms with Gasteiger partial charge < -0.3 is 5.32 Å². The number of amides is 1. The molecule has 1 amide bonds. The Kier molecular flexibility index (Phi) is 4.51. The van der Waals surface area contributed by atoms with Crippen LogP contribution in [0.15, 0.2) is 22.7 Å². The first-order valence-corrected chi connectivity index (χ1v) is 5.78. The van der Waals surface area contributed by atoms with Gasteiger partial charge in [0.2, 0.25) is 5.91 Å². The Labute approximate surface area is 104 Å². The van der Waals surface area contributed by atoms with Crippen molar-refractivity contribution in [3.05, 3.63) is 28.2 Å². The van der Waals surface area contributed by atoms with Crippen molar-refractivity contribution in [3.8, 4) is 6.07 Å². The number of carbonyl (C=O) groups is 1. The maximum atomic E-state index is 11.5. The molecule has 0 aliphatic rings. The number of nitriles is 1. The van der Waals surface area contributed by atoms with Gasteiger partial charge in [0, 0.05) is 16.6 Å². The van der Waals surface area contributed by atoms with Crippen LogP contribution in [-0.4, -0.2) is 5.91 Å². The normalized spacial score (nSPS) is 11.6. The smallest absolute Gasteiger partial charge is 0.225 e. The van der Waals surface area contributed by atoms with Crippen LogP contribution in [0.4, 0.5) is 5.69 Å². The molecule has 0 heterocycles. The number of hydrogen-bond donors (Lipinski definition) is 1. The SMILES string of the molecule is Cc1ccc(NC(=O)CC(C)C#N)cc1Br. The number of rotatable bonds is 3. The molecule has 0 saturated carbocycles. The third kappa shape index (κ3) is 3.67. The zero-order valence-corrected chi connectivity index (χ0v) is 10.8. The van der Waals surface area contributed by atoms with Crippen molar-refractivity contribution in [2.75, 3.05) is 5.32 Å². The molecule has 1 atom stereocenters. The molecule has 84 valence electrons. The van der Waals surface area contributed by atoms with Gasteiger partial charge in [-0.3, -0.25) is 4.79 Å². The lowest BCUT2D eigenvalue weighted by molar-refractivity contribution is -0.116. The average Bonchev–Trinajstić information content (AvgIpc) is 2.23. The predicted molar refractivity (Wildman–Crippen MR) is 66.9 cm³/mol. The zero-order valence-electron chi connectivity index (χ0n) is 9.25. The van der Waals surface area contributed by atoms with Gasteiger partial charge >= 0.3 is 0 Å². The van der Waals surface area contributed by atoms with Gasteiger partial charge in [-0.2, -0.15) is 5.26 Å². The van der Waals surface area contributed by atoms with Crippen molar-refractivity contribution < 1.29 is 4.79 Å². The van der Waals surface area contributed by atoms with Crippen molar-refractivity contribution in [3.63, 3.8) is 0 Å². The number of benzene rings is 1. The van der Waals surface area contributed by atoms with Gasteiger partial charge in [-0.05, 0) is 31.5 Å². The van der Waals surface area contributed by atoms with Crippen molar-refractivity contribution in [2.24, 2.45) is 5.92 Å². The molecule has 1 unspecified atom stereocenters. The number of aryl methyl sites for hydroxylation is 1. The molecule has 3 nitrogen and oxygen atoms in total. The van der Waals surface area contributed by atoms with Gasteiger partial charge in [-0.15, -0.1) is 0 Å². The Morgan fingerprint density at radius 1 is 1.62 bits per heavy atom. The van der Waals surface area contributed by atoms with Crippen LogP contribution in [0.3, 0.4) is 0 Å². The van der Waals surface area contributed by atoms with Crippen molar-refractivity contribution in [2.45, 2.75) is 20.3 Å². The quantitative estimate of drug-likeness (QED) is 0.924. The van der Waals surface area contributed by atoms with E-state index in [9.17, 15) is 4.79 Å². The summed E-state index contributed by atoms with van der Waals surface area (Å²) in [5, 5.41) is 11.3. The topological polar surface area (TPSA) is 52.9 Å². The average molecular weight is 281 g/mol. The zero-order chi connectivity index (χ0) is 12.1. The van der Waals surface area contributed by atoms with E-state index >= 15 is 0 Å². The minimum atomic E-state index is -0.256. The highest BCUT2D eigenvalue weighted by atomic mass is 79.9. The van der Waals surface area contributed by atoms with Gasteiger partial charge in [0.05, 0.1) is 12.0 Å². The van der Waals surface area contributed by atoms with E-state index in [1.807, 2.05) is 31.2 Å². The van der Waals surface area contributed by atoms with Crippen LogP contribution in [0.1, 0.15) is 18.9 Å². The highest BCUT2D eigenvalue weighted by molar-refractivity contribution is 9.10. The lowest BCUT2D eigenvalue weighted by Gasteiger charge is -2.07. The van der Waals surface area contributed by atoms with Crippen LogP contribution >= 0.6 is 15.9 Å². The van der Waals surface area contributed by atoms with Gasteiger partial charge in [0.1, 0.15) is 0 Å². The molecule has 0 fully saturated rings. The molecule has 0 bridgehead atoms. The molecule has 0 spiro atoms. The molecule has 0 aliphatic carbocycles. The summed E-state index contributed by atoms with van der Waals surface area (Å²) in [4.78, 5) is 11.5. The molecule has 16 heavy (non-hydrogen) atoms. The second kappa shape index (κ2) is 5.66. The van der Waals surface area contributed by atoms with E-state index < -0.39 is 0 Å². The number of halogens is 1. The van der Waals surface area contributed by atoms with Gasteiger partial charge in [0.25, 0.3) is 0 Å². The van der Waals surface area contributed by atoms with Crippen LogP contribution < -0.4 is 5.32 Å². The number of carbonyl (C=O) groups excluding carboxylic acids is 1. The summed E-state index contributed by atoms with van der Waals surface area (Å²) in [5.74, 6) is -0.390.